The Morgan fingerprint density at radius 1 is 1.38 bits per heavy atom. The highest BCUT2D eigenvalue weighted by molar-refractivity contribution is 8.25. The Morgan fingerprint density at radius 2 is 1.94 bits per heavy atom. The van der Waals surface area contributed by atoms with Crippen molar-refractivity contribution >= 4 is 38.1 Å². The minimum atomic E-state index is -2.90. The van der Waals surface area contributed by atoms with Crippen molar-refractivity contribution in [1.29, 1.82) is 0 Å². The summed E-state index contributed by atoms with van der Waals surface area (Å²) >= 11 is 6.73. The first-order chi connectivity index (χ1) is 7.39. The molecule has 0 fully saturated rings. The summed E-state index contributed by atoms with van der Waals surface area (Å²) in [5.41, 5.74) is 0.944. The van der Waals surface area contributed by atoms with E-state index in [4.69, 9.17) is 12.2 Å². The smallest absolute Gasteiger partial charge is 0.158 e. The van der Waals surface area contributed by atoms with Gasteiger partial charge in [-0.2, -0.15) is 0 Å². The van der Waals surface area contributed by atoms with E-state index in [0.717, 1.165) is 27.9 Å². The molecule has 0 unspecified atom stereocenters. The van der Waals surface area contributed by atoms with Crippen LogP contribution in [0.5, 0.6) is 0 Å². The van der Waals surface area contributed by atoms with E-state index in [1.165, 1.54) is 11.8 Å². The second-order valence-corrected chi connectivity index (χ2v) is 7.57. The molecule has 0 saturated heterocycles. The third-order valence-electron chi connectivity index (χ3n) is 2.50. The van der Waals surface area contributed by atoms with Crippen molar-refractivity contribution in [2.45, 2.75) is 20.8 Å². The van der Waals surface area contributed by atoms with Gasteiger partial charge in [0.2, 0.25) is 0 Å². The van der Waals surface area contributed by atoms with Gasteiger partial charge in [-0.25, -0.2) is 8.42 Å². The summed E-state index contributed by atoms with van der Waals surface area (Å²) in [6, 6.07) is 0. The van der Waals surface area contributed by atoms with Crippen LogP contribution in [0.2, 0.25) is 0 Å². The topological polar surface area (TPSA) is 37.4 Å². The van der Waals surface area contributed by atoms with Crippen molar-refractivity contribution in [2.24, 2.45) is 0 Å². The lowest BCUT2D eigenvalue weighted by Gasteiger charge is -2.21. The zero-order chi connectivity index (χ0) is 12.3. The fourth-order valence-electron chi connectivity index (χ4n) is 1.55. The molecule has 16 heavy (non-hydrogen) atoms. The van der Waals surface area contributed by atoms with E-state index in [9.17, 15) is 8.42 Å². The maximum atomic E-state index is 11.4. The Bertz CT molecular complexity index is 408. The van der Waals surface area contributed by atoms with Crippen molar-refractivity contribution in [3.8, 4) is 0 Å². The summed E-state index contributed by atoms with van der Waals surface area (Å²) in [5, 5.41) is 0. The van der Waals surface area contributed by atoms with Gasteiger partial charge in [0.1, 0.15) is 4.32 Å². The predicted octanol–water partition coefficient (Wildman–Crippen LogP) is 2.05. The molecular weight excluding hydrogens is 262 g/mol. The largest absolute Gasteiger partial charge is 0.358 e. The first kappa shape index (κ1) is 14.0. The van der Waals surface area contributed by atoms with Gasteiger partial charge in [0.05, 0.1) is 11.5 Å². The molecule has 1 aliphatic heterocycles. The first-order valence-corrected chi connectivity index (χ1v) is 8.30. The molecule has 0 atom stereocenters. The second-order valence-electron chi connectivity index (χ2n) is 3.78. The molecular formula is C10H17NO2S3. The molecule has 0 aromatic rings. The number of hydrogen-bond acceptors (Lipinski definition) is 4. The molecule has 0 aromatic heterocycles. The Kier molecular flexibility index (Phi) is 4.82. The molecule has 0 bridgehead atoms. The van der Waals surface area contributed by atoms with E-state index in [1.54, 1.807) is 0 Å². The van der Waals surface area contributed by atoms with Crippen molar-refractivity contribution in [2.75, 3.05) is 24.6 Å². The molecule has 0 saturated carbocycles. The molecule has 1 heterocycles. The van der Waals surface area contributed by atoms with Gasteiger partial charge in [-0.15, -0.1) is 0 Å². The highest BCUT2D eigenvalue weighted by atomic mass is 32.2. The quantitative estimate of drug-likeness (QED) is 0.739. The average molecular weight is 279 g/mol. The molecule has 0 aromatic carbocycles. The van der Waals surface area contributed by atoms with E-state index >= 15 is 0 Å². The summed E-state index contributed by atoms with van der Waals surface area (Å²) in [7, 11) is -2.90. The molecule has 0 spiro atoms. The van der Waals surface area contributed by atoms with Crippen molar-refractivity contribution in [1.82, 2.24) is 4.90 Å². The van der Waals surface area contributed by atoms with Crippen LogP contribution in [0.3, 0.4) is 0 Å². The number of thioether (sulfide) groups is 1. The molecule has 1 rings (SSSR count). The number of nitrogens with zero attached hydrogens (tertiary/aromatic N) is 1. The number of sulfone groups is 1. The van der Waals surface area contributed by atoms with Gasteiger partial charge in [-0.1, -0.05) is 24.0 Å². The fraction of sp³-hybridized carbons (Fsp3) is 0.700. The maximum Gasteiger partial charge on any atom is 0.158 e. The monoisotopic (exact) mass is 279 g/mol. The van der Waals surface area contributed by atoms with Gasteiger partial charge in [0.25, 0.3) is 0 Å². The van der Waals surface area contributed by atoms with Crippen molar-refractivity contribution < 1.29 is 8.42 Å². The Labute approximate surface area is 107 Å². The van der Waals surface area contributed by atoms with E-state index in [-0.39, 0.29) is 11.5 Å². The molecule has 0 amide bonds. The summed E-state index contributed by atoms with van der Waals surface area (Å²) in [5.74, 6) is 0.348. The van der Waals surface area contributed by atoms with Crippen molar-refractivity contribution in [3.63, 3.8) is 0 Å². The van der Waals surface area contributed by atoms with Crippen LogP contribution in [0.1, 0.15) is 20.8 Å². The van der Waals surface area contributed by atoms with Crippen LogP contribution in [-0.2, 0) is 9.84 Å². The highest BCUT2D eigenvalue weighted by Crippen LogP contribution is 2.30. The van der Waals surface area contributed by atoms with Gasteiger partial charge >= 0.3 is 0 Å². The molecule has 1 aliphatic rings. The Morgan fingerprint density at radius 3 is 2.31 bits per heavy atom. The lowest BCUT2D eigenvalue weighted by molar-refractivity contribution is 0.482. The standard InChI is InChI=1S/C10H17NO2S3/c1-4-11(5-2)10(14)15-9-7-16(12,13)6-8(9)3/h4-7H2,1-3H3. The predicted molar refractivity (Wildman–Crippen MR) is 74.5 cm³/mol. The molecule has 0 aliphatic carbocycles. The second kappa shape index (κ2) is 5.51. The lowest BCUT2D eigenvalue weighted by Crippen LogP contribution is -2.26. The summed E-state index contributed by atoms with van der Waals surface area (Å²) < 4.78 is 23.6. The van der Waals surface area contributed by atoms with Crippen LogP contribution in [0.15, 0.2) is 10.5 Å². The van der Waals surface area contributed by atoms with E-state index in [1.807, 2.05) is 20.8 Å². The maximum absolute atomic E-state index is 11.4. The molecule has 0 radical (unpaired) electrons. The zero-order valence-corrected chi connectivity index (χ0v) is 12.3. The van der Waals surface area contributed by atoms with Gasteiger partial charge in [-0.3, -0.25) is 0 Å². The van der Waals surface area contributed by atoms with Crippen LogP contribution < -0.4 is 0 Å². The zero-order valence-electron chi connectivity index (χ0n) is 9.82. The SMILES string of the molecule is CCN(CC)C(=S)SC1=C(C)CS(=O)(=O)C1. The number of thiocarbonyl (C=S) groups is 1. The fourth-order valence-corrected chi connectivity index (χ4v) is 5.40. The molecule has 0 N–H and O–H groups in total. The van der Waals surface area contributed by atoms with Gasteiger partial charge in [-0.05, 0) is 26.3 Å². The summed E-state index contributed by atoms with van der Waals surface area (Å²) in [4.78, 5) is 2.97. The van der Waals surface area contributed by atoms with Crippen LogP contribution in [0.4, 0.5) is 0 Å². The normalized spacial score (nSPS) is 18.9. The van der Waals surface area contributed by atoms with E-state index < -0.39 is 9.84 Å². The molecule has 3 nitrogen and oxygen atoms in total. The highest BCUT2D eigenvalue weighted by Gasteiger charge is 2.26. The Hall–Kier alpha value is -0.0700. The van der Waals surface area contributed by atoms with Crippen LogP contribution in [0, 0.1) is 0 Å². The van der Waals surface area contributed by atoms with Crippen molar-refractivity contribution in [3.05, 3.63) is 10.5 Å². The van der Waals surface area contributed by atoms with Gasteiger partial charge in [0, 0.05) is 18.0 Å². The van der Waals surface area contributed by atoms with Crippen LogP contribution in [-0.4, -0.2) is 42.2 Å². The summed E-state index contributed by atoms with van der Waals surface area (Å²) in [6.45, 7) is 7.69. The number of hydrogen-bond donors (Lipinski definition) is 0. The van der Waals surface area contributed by atoms with Crippen LogP contribution in [0.25, 0.3) is 0 Å². The molecule has 92 valence electrons. The third-order valence-corrected chi connectivity index (χ3v) is 5.96. The lowest BCUT2D eigenvalue weighted by atomic mass is 10.3. The van der Waals surface area contributed by atoms with Crippen LogP contribution >= 0.6 is 24.0 Å². The minimum absolute atomic E-state index is 0.158. The Balaban J connectivity index is 2.69. The van der Waals surface area contributed by atoms with Gasteiger partial charge in [0.15, 0.2) is 9.84 Å². The van der Waals surface area contributed by atoms with E-state index in [2.05, 4.69) is 4.90 Å². The number of rotatable bonds is 3. The van der Waals surface area contributed by atoms with E-state index in [0.29, 0.717) is 0 Å². The summed E-state index contributed by atoms with van der Waals surface area (Å²) in [6.07, 6.45) is 0. The minimum Gasteiger partial charge on any atom is -0.358 e. The molecule has 6 heteroatoms. The first-order valence-electron chi connectivity index (χ1n) is 5.25. The van der Waals surface area contributed by atoms with Gasteiger partial charge < -0.3 is 4.90 Å². The average Bonchev–Trinajstić information content (AvgIpc) is 2.41. The third kappa shape index (κ3) is 3.46.